The zero-order chi connectivity index (χ0) is 14.2. The highest BCUT2D eigenvalue weighted by molar-refractivity contribution is 7.11. The molecule has 0 N–H and O–H groups in total. The van der Waals surface area contributed by atoms with E-state index in [1.807, 2.05) is 11.3 Å². The van der Waals surface area contributed by atoms with Crippen molar-refractivity contribution in [3.05, 3.63) is 15.6 Å². The molecule has 2 fully saturated rings. The molecule has 5 heteroatoms. The van der Waals surface area contributed by atoms with Gasteiger partial charge in [0.1, 0.15) is 6.17 Å². The number of fused-ring (bicyclic) bond motifs is 1. The van der Waals surface area contributed by atoms with Gasteiger partial charge in [0.15, 0.2) is 0 Å². The van der Waals surface area contributed by atoms with Crippen LogP contribution in [0, 0.1) is 0 Å². The predicted octanol–water partition coefficient (Wildman–Crippen LogP) is 3.16. The van der Waals surface area contributed by atoms with E-state index in [0.717, 1.165) is 26.2 Å². The molecule has 1 saturated carbocycles. The number of aromatic nitrogens is 1. The molecule has 3 aliphatic rings. The summed E-state index contributed by atoms with van der Waals surface area (Å²) in [6.45, 7) is 5.76. The highest BCUT2D eigenvalue weighted by atomic mass is 32.1. The van der Waals surface area contributed by atoms with Gasteiger partial charge in [-0.05, 0) is 45.2 Å². The molecule has 0 atom stereocenters. The van der Waals surface area contributed by atoms with Crippen molar-refractivity contribution in [1.29, 1.82) is 0 Å². The molecule has 21 heavy (non-hydrogen) atoms. The number of hydrogen-bond donors (Lipinski definition) is 0. The van der Waals surface area contributed by atoms with E-state index in [0.29, 0.717) is 18.8 Å². The van der Waals surface area contributed by atoms with Gasteiger partial charge in [0.2, 0.25) is 0 Å². The first kappa shape index (κ1) is 14.1. The van der Waals surface area contributed by atoms with Crippen LogP contribution in [0.15, 0.2) is 0 Å². The third-order valence-corrected chi connectivity index (χ3v) is 6.42. The van der Waals surface area contributed by atoms with Gasteiger partial charge in [-0.3, -0.25) is 9.80 Å². The van der Waals surface area contributed by atoms with E-state index < -0.39 is 6.17 Å². The SMILES string of the molecule is FC1CC(c2nc3c(s2)CCN(CN2CCCCC2)C3)C1. The van der Waals surface area contributed by atoms with Crippen LogP contribution in [0.2, 0.25) is 0 Å². The summed E-state index contributed by atoms with van der Waals surface area (Å²) in [5.41, 5.74) is 1.28. The molecule has 0 unspecified atom stereocenters. The van der Waals surface area contributed by atoms with Crippen LogP contribution < -0.4 is 0 Å². The fourth-order valence-electron chi connectivity index (χ4n) is 3.70. The third kappa shape index (κ3) is 3.01. The first-order valence-corrected chi connectivity index (χ1v) is 9.17. The number of nitrogens with zero attached hydrogens (tertiary/aromatic N) is 3. The van der Waals surface area contributed by atoms with Crippen molar-refractivity contribution in [3.8, 4) is 0 Å². The van der Waals surface area contributed by atoms with Crippen LogP contribution in [-0.4, -0.2) is 47.3 Å². The molecular formula is C16H24FN3S. The van der Waals surface area contributed by atoms with Gasteiger partial charge >= 0.3 is 0 Å². The van der Waals surface area contributed by atoms with Crippen molar-refractivity contribution >= 4 is 11.3 Å². The number of rotatable bonds is 3. The molecule has 1 aliphatic carbocycles. The summed E-state index contributed by atoms with van der Waals surface area (Å²) in [4.78, 5) is 11.4. The minimum Gasteiger partial charge on any atom is -0.290 e. The summed E-state index contributed by atoms with van der Waals surface area (Å²) in [5.74, 6) is 0.408. The average molecular weight is 309 g/mol. The molecule has 116 valence electrons. The van der Waals surface area contributed by atoms with E-state index >= 15 is 0 Å². The molecule has 1 aromatic heterocycles. The molecule has 0 radical (unpaired) electrons. The van der Waals surface area contributed by atoms with Gasteiger partial charge in [-0.2, -0.15) is 0 Å². The minimum absolute atomic E-state index is 0.408. The molecule has 0 spiro atoms. The number of piperidine rings is 1. The van der Waals surface area contributed by atoms with Crippen LogP contribution >= 0.6 is 11.3 Å². The number of alkyl halides is 1. The lowest BCUT2D eigenvalue weighted by Gasteiger charge is -2.34. The first-order valence-electron chi connectivity index (χ1n) is 8.35. The molecule has 0 bridgehead atoms. The maximum Gasteiger partial charge on any atom is 0.101 e. The van der Waals surface area contributed by atoms with Crippen LogP contribution in [0.4, 0.5) is 4.39 Å². The lowest BCUT2D eigenvalue weighted by molar-refractivity contribution is 0.103. The number of thiazole rings is 1. The fraction of sp³-hybridized carbons (Fsp3) is 0.812. The van der Waals surface area contributed by atoms with Gasteiger partial charge in [0, 0.05) is 23.9 Å². The predicted molar refractivity (Wildman–Crippen MR) is 83.4 cm³/mol. The van der Waals surface area contributed by atoms with Crippen LogP contribution in [0.3, 0.4) is 0 Å². The smallest absolute Gasteiger partial charge is 0.101 e. The molecule has 4 rings (SSSR count). The van der Waals surface area contributed by atoms with Crippen molar-refractivity contribution in [2.75, 3.05) is 26.3 Å². The van der Waals surface area contributed by atoms with E-state index in [-0.39, 0.29) is 0 Å². The standard InChI is InChI=1S/C16H24FN3S/c17-13-8-12(9-13)16-18-14-10-20(7-4-15(14)21-16)11-19-5-2-1-3-6-19/h12-13H,1-11H2. The molecule has 1 aromatic rings. The van der Waals surface area contributed by atoms with Gasteiger partial charge in [-0.15, -0.1) is 11.3 Å². The van der Waals surface area contributed by atoms with E-state index in [1.54, 1.807) is 0 Å². The van der Waals surface area contributed by atoms with Gasteiger partial charge < -0.3 is 0 Å². The van der Waals surface area contributed by atoms with Crippen LogP contribution in [0.5, 0.6) is 0 Å². The van der Waals surface area contributed by atoms with Crippen molar-refractivity contribution < 1.29 is 4.39 Å². The summed E-state index contributed by atoms with van der Waals surface area (Å²) in [6, 6.07) is 0. The molecule has 0 aromatic carbocycles. The number of halogens is 1. The zero-order valence-electron chi connectivity index (χ0n) is 12.6. The largest absolute Gasteiger partial charge is 0.290 e. The lowest BCUT2D eigenvalue weighted by atomic mass is 9.84. The highest BCUT2D eigenvalue weighted by Crippen LogP contribution is 2.41. The Kier molecular flexibility index (Phi) is 3.98. The Morgan fingerprint density at radius 2 is 1.90 bits per heavy atom. The Labute approximate surface area is 130 Å². The van der Waals surface area contributed by atoms with Crippen molar-refractivity contribution in [1.82, 2.24) is 14.8 Å². The molecule has 0 amide bonds. The molecule has 1 saturated heterocycles. The lowest BCUT2D eigenvalue weighted by Crippen LogP contribution is -2.42. The minimum atomic E-state index is -0.577. The average Bonchev–Trinajstić information content (AvgIpc) is 2.87. The Morgan fingerprint density at radius 1 is 1.10 bits per heavy atom. The van der Waals surface area contributed by atoms with E-state index in [4.69, 9.17) is 4.98 Å². The Bertz CT molecular complexity index is 492. The van der Waals surface area contributed by atoms with Gasteiger partial charge in [-0.1, -0.05) is 6.42 Å². The van der Waals surface area contributed by atoms with Gasteiger partial charge in [0.05, 0.1) is 17.4 Å². The highest BCUT2D eigenvalue weighted by Gasteiger charge is 2.34. The van der Waals surface area contributed by atoms with Gasteiger partial charge in [0.25, 0.3) is 0 Å². The van der Waals surface area contributed by atoms with Crippen LogP contribution in [-0.2, 0) is 13.0 Å². The maximum atomic E-state index is 13.0. The maximum absolute atomic E-state index is 13.0. The summed E-state index contributed by atoms with van der Waals surface area (Å²) in [7, 11) is 0. The second kappa shape index (κ2) is 5.94. The van der Waals surface area contributed by atoms with E-state index in [9.17, 15) is 4.39 Å². The van der Waals surface area contributed by atoms with Crippen molar-refractivity contribution in [2.45, 2.75) is 57.2 Å². The zero-order valence-corrected chi connectivity index (χ0v) is 13.4. The monoisotopic (exact) mass is 309 g/mol. The van der Waals surface area contributed by atoms with Crippen LogP contribution in [0.1, 0.15) is 53.6 Å². The second-order valence-corrected chi connectivity index (χ2v) is 7.93. The Balaban J connectivity index is 1.38. The van der Waals surface area contributed by atoms with Crippen molar-refractivity contribution in [2.24, 2.45) is 0 Å². The molecule has 2 aliphatic heterocycles. The Morgan fingerprint density at radius 3 is 2.67 bits per heavy atom. The van der Waals surface area contributed by atoms with Crippen molar-refractivity contribution in [3.63, 3.8) is 0 Å². The normalized spacial score (nSPS) is 30.9. The Hall–Kier alpha value is -0.520. The number of hydrogen-bond acceptors (Lipinski definition) is 4. The summed E-state index contributed by atoms with van der Waals surface area (Å²) in [5, 5.41) is 1.20. The van der Waals surface area contributed by atoms with Gasteiger partial charge in [-0.25, -0.2) is 9.37 Å². The van der Waals surface area contributed by atoms with E-state index in [2.05, 4.69) is 9.80 Å². The number of likely N-dealkylation sites (tertiary alicyclic amines) is 1. The second-order valence-electron chi connectivity index (χ2n) is 6.81. The molecular weight excluding hydrogens is 285 g/mol. The summed E-state index contributed by atoms with van der Waals surface area (Å²) >= 11 is 1.85. The molecule has 3 heterocycles. The third-order valence-electron chi connectivity index (χ3n) is 5.10. The first-order chi connectivity index (χ1) is 10.3. The summed E-state index contributed by atoms with van der Waals surface area (Å²) < 4.78 is 13.0. The fourth-order valence-corrected chi connectivity index (χ4v) is 4.89. The summed E-state index contributed by atoms with van der Waals surface area (Å²) in [6.07, 6.45) is 6.05. The van der Waals surface area contributed by atoms with E-state index in [1.165, 1.54) is 47.9 Å². The van der Waals surface area contributed by atoms with Crippen LogP contribution in [0.25, 0.3) is 0 Å². The molecule has 3 nitrogen and oxygen atoms in total. The topological polar surface area (TPSA) is 19.4 Å². The quantitative estimate of drug-likeness (QED) is 0.855.